The molecule has 2 N–H and O–H groups in total. The third-order valence-electron chi connectivity index (χ3n) is 3.41. The Hall–Kier alpha value is -2.33. The van der Waals surface area contributed by atoms with Gasteiger partial charge in [0, 0.05) is 12.6 Å². The van der Waals surface area contributed by atoms with Crippen LogP contribution in [0, 0.1) is 0 Å². The largest absolute Gasteiger partial charge is 0.417 e. The van der Waals surface area contributed by atoms with Gasteiger partial charge in [-0.1, -0.05) is 23.7 Å². The van der Waals surface area contributed by atoms with Crippen LogP contribution in [-0.4, -0.2) is 22.2 Å². The van der Waals surface area contributed by atoms with Crippen LogP contribution in [-0.2, 0) is 18.8 Å². The molecule has 0 saturated heterocycles. The second-order valence-corrected chi connectivity index (χ2v) is 5.79. The van der Waals surface area contributed by atoms with E-state index < -0.39 is 52.6 Å². The molecular weight excluding hydrogens is 402 g/mol. The van der Waals surface area contributed by atoms with E-state index in [1.54, 1.807) is 0 Å². The van der Waals surface area contributed by atoms with Gasteiger partial charge in [0.2, 0.25) is 0 Å². The molecule has 27 heavy (non-hydrogen) atoms. The molecule has 2 rings (SSSR count). The molecule has 0 aliphatic heterocycles. The average Bonchev–Trinajstić information content (AvgIpc) is 2.55. The number of aliphatic hydroxyl groups is 1. The van der Waals surface area contributed by atoms with Crippen LogP contribution in [0.2, 0.25) is 5.02 Å². The first-order chi connectivity index (χ1) is 12.4. The fraction of sp³-hybridized carbons (Fsp3) is 0.250. The molecule has 1 aromatic heterocycles. The van der Waals surface area contributed by atoms with E-state index in [9.17, 15) is 36.2 Å². The number of amides is 1. The molecular formula is C16H11ClF6N2O2. The van der Waals surface area contributed by atoms with Crippen molar-refractivity contribution in [1.82, 2.24) is 10.3 Å². The van der Waals surface area contributed by atoms with E-state index in [0.717, 1.165) is 12.1 Å². The number of rotatable bonds is 4. The molecule has 146 valence electrons. The zero-order chi connectivity index (χ0) is 20.4. The number of nitrogens with one attached hydrogen (secondary N) is 1. The second-order valence-electron chi connectivity index (χ2n) is 5.39. The summed E-state index contributed by atoms with van der Waals surface area (Å²) in [6, 6.07) is 4.54. The van der Waals surface area contributed by atoms with Crippen molar-refractivity contribution in [3.05, 3.63) is 63.9 Å². The van der Waals surface area contributed by atoms with Gasteiger partial charge in [0.15, 0.2) is 0 Å². The van der Waals surface area contributed by atoms with Crippen LogP contribution >= 0.6 is 11.6 Å². The summed E-state index contributed by atoms with van der Waals surface area (Å²) in [5, 5.41) is 11.4. The van der Waals surface area contributed by atoms with Crippen molar-refractivity contribution < 1.29 is 36.2 Å². The zero-order valence-corrected chi connectivity index (χ0v) is 14.0. The van der Waals surface area contributed by atoms with Gasteiger partial charge in [0.05, 0.1) is 27.4 Å². The van der Waals surface area contributed by atoms with Crippen molar-refractivity contribution >= 4 is 17.5 Å². The fourth-order valence-corrected chi connectivity index (χ4v) is 2.41. The number of hydrogen-bond acceptors (Lipinski definition) is 3. The predicted octanol–water partition coefficient (Wildman–Crippen LogP) is 4.06. The Morgan fingerprint density at radius 3 is 2.33 bits per heavy atom. The van der Waals surface area contributed by atoms with Gasteiger partial charge in [-0.05, 0) is 18.2 Å². The van der Waals surface area contributed by atoms with Gasteiger partial charge in [-0.15, -0.1) is 0 Å². The molecule has 1 heterocycles. The molecule has 4 nitrogen and oxygen atoms in total. The van der Waals surface area contributed by atoms with Gasteiger partial charge in [-0.3, -0.25) is 9.78 Å². The van der Waals surface area contributed by atoms with Crippen molar-refractivity contribution in [2.45, 2.75) is 25.0 Å². The number of halogens is 7. The lowest BCUT2D eigenvalue weighted by Crippen LogP contribution is -2.37. The number of hydrogen-bond donors (Lipinski definition) is 2. The molecule has 2 aromatic rings. The zero-order valence-electron chi connectivity index (χ0n) is 13.2. The molecule has 11 heteroatoms. The van der Waals surface area contributed by atoms with Crippen LogP contribution in [0.4, 0.5) is 26.3 Å². The van der Waals surface area contributed by atoms with Crippen molar-refractivity contribution in [2.24, 2.45) is 0 Å². The van der Waals surface area contributed by atoms with E-state index in [2.05, 4.69) is 4.98 Å². The number of pyridine rings is 1. The molecule has 0 aliphatic carbocycles. The van der Waals surface area contributed by atoms with Gasteiger partial charge in [0.25, 0.3) is 5.91 Å². The molecule has 0 spiro atoms. The van der Waals surface area contributed by atoms with Crippen molar-refractivity contribution in [2.75, 3.05) is 0 Å². The summed E-state index contributed by atoms with van der Waals surface area (Å²) < 4.78 is 76.4. The number of benzene rings is 1. The first-order valence-electron chi connectivity index (χ1n) is 7.26. The van der Waals surface area contributed by atoms with Crippen LogP contribution in [0.25, 0.3) is 0 Å². The molecule has 1 aromatic carbocycles. The van der Waals surface area contributed by atoms with E-state index in [1.807, 2.05) is 5.32 Å². The third-order valence-corrected chi connectivity index (χ3v) is 3.73. The highest BCUT2D eigenvalue weighted by molar-refractivity contribution is 6.31. The Balaban J connectivity index is 2.13. The summed E-state index contributed by atoms with van der Waals surface area (Å²) in [6.45, 7) is 0. The van der Waals surface area contributed by atoms with E-state index >= 15 is 0 Å². The summed E-state index contributed by atoms with van der Waals surface area (Å²) in [7, 11) is 0. The minimum atomic E-state index is -4.78. The highest BCUT2D eigenvalue weighted by atomic mass is 35.5. The molecule has 0 bridgehead atoms. The highest BCUT2D eigenvalue weighted by Crippen LogP contribution is 2.32. The standard InChI is InChI=1S/C16H11ClF6N2O2/c17-11-5-8(15(18,19)20)7-24-12(11)6-13(26)25-14(27)9-3-1-2-4-10(9)16(21,22)23/h1-5,7,13,26H,6H2,(H,25,27). The molecule has 1 amide bonds. The average molecular weight is 413 g/mol. The van der Waals surface area contributed by atoms with Crippen LogP contribution in [0.5, 0.6) is 0 Å². The number of carbonyl (C=O) groups is 1. The summed E-state index contributed by atoms with van der Waals surface area (Å²) in [4.78, 5) is 15.5. The maximum absolute atomic E-state index is 12.9. The molecule has 0 radical (unpaired) electrons. The SMILES string of the molecule is O=C(NC(O)Cc1ncc(C(F)(F)F)cc1Cl)c1ccccc1C(F)(F)F. The highest BCUT2D eigenvalue weighted by Gasteiger charge is 2.35. The third kappa shape index (κ3) is 5.33. The van der Waals surface area contributed by atoms with Gasteiger partial charge < -0.3 is 10.4 Å². The number of nitrogens with zero attached hydrogens (tertiary/aromatic N) is 1. The van der Waals surface area contributed by atoms with E-state index in [4.69, 9.17) is 11.6 Å². The van der Waals surface area contributed by atoms with E-state index in [1.165, 1.54) is 6.07 Å². The van der Waals surface area contributed by atoms with Crippen LogP contribution < -0.4 is 5.32 Å². The lowest BCUT2D eigenvalue weighted by atomic mass is 10.1. The number of alkyl halides is 6. The lowest BCUT2D eigenvalue weighted by molar-refractivity contribution is -0.138. The van der Waals surface area contributed by atoms with E-state index in [0.29, 0.717) is 18.3 Å². The summed E-state index contributed by atoms with van der Waals surface area (Å²) in [6.07, 6.45) is -11.2. The van der Waals surface area contributed by atoms with Crippen LogP contribution in [0.15, 0.2) is 36.5 Å². The maximum Gasteiger partial charge on any atom is 0.417 e. The number of carbonyl (C=O) groups excluding carboxylic acids is 1. The molecule has 1 unspecified atom stereocenters. The Labute approximate surface area is 153 Å². The predicted molar refractivity (Wildman–Crippen MR) is 82.9 cm³/mol. The maximum atomic E-state index is 12.9. The van der Waals surface area contributed by atoms with E-state index in [-0.39, 0.29) is 5.69 Å². The first kappa shape index (κ1) is 21.0. The van der Waals surface area contributed by atoms with Crippen molar-refractivity contribution in [1.29, 1.82) is 0 Å². The Kier molecular flexibility index (Phi) is 6.01. The van der Waals surface area contributed by atoms with Crippen LogP contribution in [0.3, 0.4) is 0 Å². The molecule has 0 saturated carbocycles. The molecule has 0 aliphatic rings. The van der Waals surface area contributed by atoms with Gasteiger partial charge in [-0.2, -0.15) is 26.3 Å². The summed E-state index contributed by atoms with van der Waals surface area (Å²) in [5.41, 5.74) is -3.17. The summed E-state index contributed by atoms with van der Waals surface area (Å²) >= 11 is 5.68. The Bertz CT molecular complexity index is 838. The number of aliphatic hydroxyl groups excluding tert-OH is 1. The van der Waals surface area contributed by atoms with Gasteiger partial charge in [-0.25, -0.2) is 0 Å². The summed E-state index contributed by atoms with van der Waals surface area (Å²) in [5.74, 6) is -1.21. The van der Waals surface area contributed by atoms with Gasteiger partial charge >= 0.3 is 12.4 Å². The topological polar surface area (TPSA) is 62.2 Å². The first-order valence-corrected chi connectivity index (χ1v) is 7.64. The van der Waals surface area contributed by atoms with Crippen LogP contribution in [0.1, 0.15) is 27.2 Å². The monoisotopic (exact) mass is 412 g/mol. The fourth-order valence-electron chi connectivity index (χ4n) is 2.16. The normalized spacial score (nSPS) is 13.3. The minimum Gasteiger partial charge on any atom is -0.373 e. The minimum absolute atomic E-state index is 0.165. The number of aromatic nitrogens is 1. The second kappa shape index (κ2) is 7.73. The van der Waals surface area contributed by atoms with Crippen molar-refractivity contribution in [3.63, 3.8) is 0 Å². The molecule has 0 fully saturated rings. The quantitative estimate of drug-likeness (QED) is 0.588. The lowest BCUT2D eigenvalue weighted by Gasteiger charge is -2.16. The Morgan fingerprint density at radius 1 is 1.15 bits per heavy atom. The Morgan fingerprint density at radius 2 is 1.78 bits per heavy atom. The smallest absolute Gasteiger partial charge is 0.373 e. The molecule has 1 atom stereocenters. The van der Waals surface area contributed by atoms with Gasteiger partial charge in [0.1, 0.15) is 6.23 Å². The van der Waals surface area contributed by atoms with Crippen molar-refractivity contribution in [3.8, 4) is 0 Å².